The van der Waals surface area contributed by atoms with Crippen LogP contribution in [0.15, 0.2) is 23.2 Å². The molecule has 2 aromatic rings. The van der Waals surface area contributed by atoms with Crippen molar-refractivity contribution >= 4 is 16.9 Å². The summed E-state index contributed by atoms with van der Waals surface area (Å²) in [6.07, 6.45) is 3.12. The summed E-state index contributed by atoms with van der Waals surface area (Å²) in [7, 11) is 3.35. The van der Waals surface area contributed by atoms with Crippen molar-refractivity contribution in [1.29, 1.82) is 0 Å². The van der Waals surface area contributed by atoms with Crippen LogP contribution in [-0.4, -0.2) is 44.8 Å². The largest absolute Gasteiger partial charge is 0.497 e. The normalized spacial score (nSPS) is 14.3. The van der Waals surface area contributed by atoms with Crippen molar-refractivity contribution in [1.82, 2.24) is 15.6 Å². The van der Waals surface area contributed by atoms with Crippen LogP contribution in [0.4, 0.5) is 0 Å². The zero-order valence-electron chi connectivity index (χ0n) is 13.7. The number of guanidine groups is 1. The first-order valence-corrected chi connectivity index (χ1v) is 8.06. The minimum Gasteiger partial charge on any atom is -0.497 e. The fourth-order valence-corrected chi connectivity index (χ4v) is 2.79. The number of H-pyrrole nitrogens is 1. The molecule has 0 radical (unpaired) electrons. The van der Waals surface area contributed by atoms with Gasteiger partial charge in [-0.15, -0.1) is 0 Å². The number of aromatic amines is 1. The molecular weight excluding hydrogens is 292 g/mol. The number of nitrogens with zero attached hydrogens (tertiary/aromatic N) is 1. The molecule has 0 amide bonds. The van der Waals surface area contributed by atoms with E-state index in [9.17, 15) is 0 Å². The average Bonchev–Trinajstić information content (AvgIpc) is 3.01. The highest BCUT2D eigenvalue weighted by atomic mass is 16.5. The maximum atomic E-state index is 5.45. The first-order chi connectivity index (χ1) is 11.3. The number of aliphatic imine (C=N–C) groups is 1. The molecule has 0 aliphatic carbocycles. The van der Waals surface area contributed by atoms with Crippen LogP contribution in [0, 0.1) is 0 Å². The highest BCUT2D eigenvalue weighted by Gasteiger charge is 2.09. The van der Waals surface area contributed by atoms with Gasteiger partial charge in [0.25, 0.3) is 0 Å². The van der Waals surface area contributed by atoms with Crippen molar-refractivity contribution in [2.45, 2.75) is 19.3 Å². The molecule has 0 unspecified atom stereocenters. The summed E-state index contributed by atoms with van der Waals surface area (Å²) in [5, 5.41) is 7.71. The van der Waals surface area contributed by atoms with Gasteiger partial charge < -0.3 is 25.1 Å². The molecule has 2 heterocycles. The first kappa shape index (κ1) is 15.5. The lowest BCUT2D eigenvalue weighted by Crippen LogP contribution is -2.41. The van der Waals surface area contributed by atoms with Gasteiger partial charge in [-0.25, -0.2) is 0 Å². The van der Waals surface area contributed by atoms with E-state index >= 15 is 0 Å². The van der Waals surface area contributed by atoms with Crippen molar-refractivity contribution < 1.29 is 9.47 Å². The molecule has 0 atom stereocenters. The standard InChI is InChI=1S/C17H24N4O2/c1-22-13-10-15-14(16(11-13)23-2)9-12(21-15)5-3-6-18-17-19-7-4-8-20-17/h9-11,21H,3-8H2,1-2H3,(H2,18,19,20). The van der Waals surface area contributed by atoms with E-state index in [1.807, 2.05) is 12.1 Å². The number of hydrogen-bond donors (Lipinski definition) is 3. The number of fused-ring (bicyclic) bond motifs is 1. The summed E-state index contributed by atoms with van der Waals surface area (Å²) >= 11 is 0. The molecule has 3 N–H and O–H groups in total. The molecule has 0 fully saturated rings. The van der Waals surface area contributed by atoms with E-state index in [1.165, 1.54) is 5.69 Å². The molecule has 23 heavy (non-hydrogen) atoms. The number of rotatable bonds is 6. The summed E-state index contributed by atoms with van der Waals surface area (Å²) in [6.45, 7) is 2.83. The molecule has 6 nitrogen and oxygen atoms in total. The van der Waals surface area contributed by atoms with Gasteiger partial charge in [-0.05, 0) is 25.3 Å². The molecule has 0 saturated heterocycles. The zero-order valence-corrected chi connectivity index (χ0v) is 13.7. The second kappa shape index (κ2) is 7.26. The molecular formula is C17H24N4O2. The lowest BCUT2D eigenvalue weighted by atomic mass is 10.2. The number of benzene rings is 1. The Balaban J connectivity index is 1.60. The second-order valence-electron chi connectivity index (χ2n) is 5.63. The zero-order chi connectivity index (χ0) is 16.1. The van der Waals surface area contributed by atoms with Gasteiger partial charge in [-0.3, -0.25) is 4.99 Å². The molecule has 1 aliphatic rings. The van der Waals surface area contributed by atoms with E-state index in [2.05, 4.69) is 26.7 Å². The summed E-state index contributed by atoms with van der Waals surface area (Å²) in [5.74, 6) is 2.56. The summed E-state index contributed by atoms with van der Waals surface area (Å²) < 4.78 is 10.8. The minimum atomic E-state index is 0.797. The molecule has 6 heteroatoms. The third-order valence-electron chi connectivity index (χ3n) is 4.00. The van der Waals surface area contributed by atoms with Gasteiger partial charge in [0, 0.05) is 42.8 Å². The quantitative estimate of drug-likeness (QED) is 0.714. The van der Waals surface area contributed by atoms with Gasteiger partial charge in [-0.2, -0.15) is 0 Å². The number of methoxy groups -OCH3 is 2. The van der Waals surface area contributed by atoms with E-state index in [0.717, 1.165) is 67.3 Å². The molecule has 1 aromatic carbocycles. The number of nitrogens with one attached hydrogen (secondary N) is 3. The SMILES string of the molecule is COc1cc(OC)c2cc(CCCNC3=NCCCN3)[nH]c2c1. The van der Waals surface area contributed by atoms with E-state index in [4.69, 9.17) is 9.47 Å². The molecule has 3 rings (SSSR count). The van der Waals surface area contributed by atoms with Crippen molar-refractivity contribution in [3.05, 3.63) is 23.9 Å². The molecule has 1 aromatic heterocycles. The monoisotopic (exact) mass is 316 g/mol. The average molecular weight is 316 g/mol. The van der Waals surface area contributed by atoms with Crippen LogP contribution in [0.25, 0.3) is 10.9 Å². The van der Waals surface area contributed by atoms with Crippen molar-refractivity contribution in [2.75, 3.05) is 33.9 Å². The smallest absolute Gasteiger partial charge is 0.191 e. The fourth-order valence-electron chi connectivity index (χ4n) is 2.79. The van der Waals surface area contributed by atoms with Crippen molar-refractivity contribution in [2.24, 2.45) is 4.99 Å². The van der Waals surface area contributed by atoms with Crippen LogP contribution < -0.4 is 20.1 Å². The van der Waals surface area contributed by atoms with Gasteiger partial charge >= 0.3 is 0 Å². The van der Waals surface area contributed by atoms with Crippen molar-refractivity contribution in [3.8, 4) is 11.5 Å². The van der Waals surface area contributed by atoms with Crippen LogP contribution in [0.1, 0.15) is 18.5 Å². The lowest BCUT2D eigenvalue weighted by Gasteiger charge is -2.15. The maximum Gasteiger partial charge on any atom is 0.191 e. The van der Waals surface area contributed by atoms with Crippen molar-refractivity contribution in [3.63, 3.8) is 0 Å². The second-order valence-corrected chi connectivity index (χ2v) is 5.63. The molecule has 0 spiro atoms. The van der Waals surface area contributed by atoms with Crippen LogP contribution in [0.2, 0.25) is 0 Å². The predicted molar refractivity (Wildman–Crippen MR) is 92.6 cm³/mol. The molecule has 0 bridgehead atoms. The third-order valence-corrected chi connectivity index (χ3v) is 4.00. The van der Waals surface area contributed by atoms with Crippen LogP contribution in [0.5, 0.6) is 11.5 Å². The third kappa shape index (κ3) is 3.70. The first-order valence-electron chi connectivity index (χ1n) is 8.06. The van der Waals surface area contributed by atoms with Crippen LogP contribution in [0.3, 0.4) is 0 Å². The predicted octanol–water partition coefficient (Wildman–Crippen LogP) is 2.06. The number of hydrogen-bond acceptors (Lipinski definition) is 5. The van der Waals surface area contributed by atoms with Gasteiger partial charge in [0.05, 0.1) is 19.7 Å². The van der Waals surface area contributed by atoms with E-state index < -0.39 is 0 Å². The Hall–Kier alpha value is -2.37. The molecule has 1 aliphatic heterocycles. The topological polar surface area (TPSA) is 70.7 Å². The molecule has 124 valence electrons. The van der Waals surface area contributed by atoms with Gasteiger partial charge in [0.1, 0.15) is 11.5 Å². The Morgan fingerprint density at radius 1 is 1.22 bits per heavy atom. The van der Waals surface area contributed by atoms with E-state index in [1.54, 1.807) is 14.2 Å². The van der Waals surface area contributed by atoms with Gasteiger partial charge in [-0.1, -0.05) is 0 Å². The highest BCUT2D eigenvalue weighted by molar-refractivity contribution is 5.88. The maximum absolute atomic E-state index is 5.45. The fraction of sp³-hybridized carbons (Fsp3) is 0.471. The number of aromatic nitrogens is 1. The number of aryl methyl sites for hydroxylation is 1. The summed E-state index contributed by atoms with van der Waals surface area (Å²) in [5.41, 5.74) is 2.24. The van der Waals surface area contributed by atoms with Crippen LogP contribution in [-0.2, 0) is 6.42 Å². The van der Waals surface area contributed by atoms with Crippen LogP contribution >= 0.6 is 0 Å². The highest BCUT2D eigenvalue weighted by Crippen LogP contribution is 2.31. The minimum absolute atomic E-state index is 0.797. The Morgan fingerprint density at radius 3 is 2.87 bits per heavy atom. The number of ether oxygens (including phenoxy) is 2. The Bertz CT molecular complexity index is 693. The Morgan fingerprint density at radius 2 is 2.13 bits per heavy atom. The Kier molecular flexibility index (Phi) is 4.90. The van der Waals surface area contributed by atoms with Gasteiger partial charge in [0.15, 0.2) is 5.96 Å². The lowest BCUT2D eigenvalue weighted by molar-refractivity contribution is 0.398. The Labute approximate surface area is 136 Å². The summed E-state index contributed by atoms with van der Waals surface area (Å²) in [4.78, 5) is 7.86. The van der Waals surface area contributed by atoms with E-state index in [-0.39, 0.29) is 0 Å². The van der Waals surface area contributed by atoms with E-state index in [0.29, 0.717) is 0 Å². The molecule has 0 saturated carbocycles. The summed E-state index contributed by atoms with van der Waals surface area (Å²) in [6, 6.07) is 6.07. The van der Waals surface area contributed by atoms with Gasteiger partial charge in [0.2, 0.25) is 0 Å².